The van der Waals surface area contributed by atoms with Gasteiger partial charge in [-0.05, 0) is 44.2 Å². The highest BCUT2D eigenvalue weighted by Crippen LogP contribution is 2.34. The van der Waals surface area contributed by atoms with Crippen LogP contribution in [0.1, 0.15) is 24.2 Å². The Kier molecular flexibility index (Phi) is 4.79. The zero-order chi connectivity index (χ0) is 14.5. The van der Waals surface area contributed by atoms with Gasteiger partial charge >= 0.3 is 0 Å². The smallest absolute Gasteiger partial charge is 0.169 e. The lowest BCUT2D eigenvalue weighted by molar-refractivity contribution is 0.101. The molecule has 0 heterocycles. The number of carbonyl (C=O) groups is 1. The number of hydrogen-bond acceptors (Lipinski definition) is 3. The van der Waals surface area contributed by atoms with Crippen LogP contribution in [0.25, 0.3) is 0 Å². The van der Waals surface area contributed by atoms with E-state index in [2.05, 4.69) is 15.9 Å². The first-order chi connectivity index (χ1) is 9.61. The van der Waals surface area contributed by atoms with Gasteiger partial charge in [-0.3, -0.25) is 4.79 Å². The molecule has 0 N–H and O–H groups in total. The van der Waals surface area contributed by atoms with Crippen molar-refractivity contribution < 1.29 is 14.3 Å². The van der Waals surface area contributed by atoms with E-state index in [4.69, 9.17) is 9.47 Å². The third-order valence-electron chi connectivity index (χ3n) is 2.69. The van der Waals surface area contributed by atoms with Crippen LogP contribution >= 0.6 is 15.9 Å². The van der Waals surface area contributed by atoms with E-state index in [1.807, 2.05) is 37.3 Å². The van der Waals surface area contributed by atoms with E-state index in [9.17, 15) is 4.79 Å². The van der Waals surface area contributed by atoms with Gasteiger partial charge in [0.15, 0.2) is 17.3 Å². The van der Waals surface area contributed by atoms with Crippen molar-refractivity contribution in [3.63, 3.8) is 0 Å². The predicted molar refractivity (Wildman–Crippen MR) is 81.8 cm³/mol. The van der Waals surface area contributed by atoms with Crippen LogP contribution in [-0.4, -0.2) is 12.4 Å². The normalized spacial score (nSPS) is 10.2. The highest BCUT2D eigenvalue weighted by atomic mass is 79.9. The molecule has 0 radical (unpaired) electrons. The summed E-state index contributed by atoms with van der Waals surface area (Å²) in [4.78, 5) is 11.7. The molecule has 0 bridgehead atoms. The first kappa shape index (κ1) is 14.6. The number of benzene rings is 2. The Balaban J connectivity index is 2.37. The van der Waals surface area contributed by atoms with E-state index in [-0.39, 0.29) is 5.78 Å². The molecule has 0 aliphatic heterocycles. The van der Waals surface area contributed by atoms with Crippen LogP contribution in [0.3, 0.4) is 0 Å². The van der Waals surface area contributed by atoms with Gasteiger partial charge in [0.2, 0.25) is 0 Å². The summed E-state index contributed by atoms with van der Waals surface area (Å²) in [5.74, 6) is 1.73. The van der Waals surface area contributed by atoms with Gasteiger partial charge in [0.05, 0.1) is 12.2 Å². The van der Waals surface area contributed by atoms with Gasteiger partial charge in [0.1, 0.15) is 5.75 Å². The van der Waals surface area contributed by atoms with E-state index in [1.165, 1.54) is 6.92 Å². The Bertz CT molecular complexity index is 623. The highest BCUT2D eigenvalue weighted by molar-refractivity contribution is 9.10. The van der Waals surface area contributed by atoms with Crippen molar-refractivity contribution in [1.29, 1.82) is 0 Å². The summed E-state index contributed by atoms with van der Waals surface area (Å²) in [7, 11) is 0. The Morgan fingerprint density at radius 2 is 1.80 bits per heavy atom. The van der Waals surface area contributed by atoms with Crippen molar-refractivity contribution in [2.45, 2.75) is 13.8 Å². The third kappa shape index (κ3) is 3.39. The molecule has 0 atom stereocenters. The topological polar surface area (TPSA) is 35.5 Å². The van der Waals surface area contributed by atoms with E-state index in [0.29, 0.717) is 29.4 Å². The van der Waals surface area contributed by atoms with Gasteiger partial charge in [-0.2, -0.15) is 0 Å². The molecular formula is C16H15BrO3. The fourth-order valence-electron chi connectivity index (χ4n) is 1.79. The number of ether oxygens (including phenoxy) is 2. The minimum Gasteiger partial charge on any atom is -0.490 e. The summed E-state index contributed by atoms with van der Waals surface area (Å²) < 4.78 is 12.2. The van der Waals surface area contributed by atoms with Gasteiger partial charge in [0.25, 0.3) is 0 Å². The SMILES string of the molecule is CCOc1ccccc1Oc1ccc(Br)cc1C(C)=O. The van der Waals surface area contributed by atoms with Crippen molar-refractivity contribution >= 4 is 21.7 Å². The minimum atomic E-state index is -0.0461. The molecule has 0 spiro atoms. The molecule has 0 unspecified atom stereocenters. The predicted octanol–water partition coefficient (Wildman–Crippen LogP) is 4.84. The van der Waals surface area contributed by atoms with E-state index in [0.717, 1.165) is 4.47 Å². The van der Waals surface area contributed by atoms with E-state index >= 15 is 0 Å². The number of hydrogen-bond donors (Lipinski definition) is 0. The third-order valence-corrected chi connectivity index (χ3v) is 3.18. The van der Waals surface area contributed by atoms with Gasteiger partial charge in [0, 0.05) is 4.47 Å². The maximum atomic E-state index is 11.7. The first-order valence-electron chi connectivity index (χ1n) is 6.32. The second-order valence-electron chi connectivity index (χ2n) is 4.18. The molecule has 4 heteroatoms. The number of Topliss-reactive ketones (excluding diaryl/α,β-unsaturated/α-hetero) is 1. The molecule has 0 aromatic heterocycles. The van der Waals surface area contributed by atoms with Crippen LogP contribution in [0.2, 0.25) is 0 Å². The van der Waals surface area contributed by atoms with E-state index < -0.39 is 0 Å². The van der Waals surface area contributed by atoms with Crippen LogP contribution in [0.5, 0.6) is 17.2 Å². The molecule has 2 aromatic rings. The van der Waals surface area contributed by atoms with Crippen LogP contribution in [-0.2, 0) is 0 Å². The molecule has 0 fully saturated rings. The molecule has 3 nitrogen and oxygen atoms in total. The summed E-state index contributed by atoms with van der Waals surface area (Å²) in [6, 6.07) is 12.8. The second kappa shape index (κ2) is 6.57. The molecule has 0 amide bonds. The maximum Gasteiger partial charge on any atom is 0.169 e. The van der Waals surface area contributed by atoms with Crippen molar-refractivity contribution in [1.82, 2.24) is 0 Å². The quantitative estimate of drug-likeness (QED) is 0.733. The molecule has 0 aliphatic carbocycles. The lowest BCUT2D eigenvalue weighted by Crippen LogP contribution is -1.99. The fourth-order valence-corrected chi connectivity index (χ4v) is 2.16. The molecule has 0 saturated carbocycles. The standard InChI is InChI=1S/C16H15BrO3/c1-3-19-15-6-4-5-7-16(15)20-14-9-8-12(17)10-13(14)11(2)18/h4-10H,3H2,1-2H3. The van der Waals surface area contributed by atoms with Gasteiger partial charge in [-0.25, -0.2) is 0 Å². The summed E-state index contributed by atoms with van der Waals surface area (Å²) in [6.07, 6.45) is 0. The van der Waals surface area contributed by atoms with Gasteiger partial charge < -0.3 is 9.47 Å². The molecule has 0 saturated heterocycles. The number of ketones is 1. The maximum absolute atomic E-state index is 11.7. The Morgan fingerprint density at radius 1 is 1.10 bits per heavy atom. The van der Waals surface area contributed by atoms with Crippen LogP contribution in [0.4, 0.5) is 0 Å². The minimum absolute atomic E-state index is 0.0461. The monoisotopic (exact) mass is 334 g/mol. The number of carbonyl (C=O) groups excluding carboxylic acids is 1. The number of para-hydroxylation sites is 2. The van der Waals surface area contributed by atoms with Crippen LogP contribution < -0.4 is 9.47 Å². The largest absolute Gasteiger partial charge is 0.490 e. The van der Waals surface area contributed by atoms with E-state index in [1.54, 1.807) is 12.1 Å². The molecule has 0 aliphatic rings. The Labute approximate surface area is 126 Å². The molecular weight excluding hydrogens is 320 g/mol. The summed E-state index contributed by atoms with van der Waals surface area (Å²) in [6.45, 7) is 3.99. The Morgan fingerprint density at radius 3 is 2.45 bits per heavy atom. The van der Waals surface area contributed by atoms with Crippen molar-refractivity contribution in [3.05, 3.63) is 52.5 Å². The van der Waals surface area contributed by atoms with Crippen molar-refractivity contribution in [2.24, 2.45) is 0 Å². The lowest BCUT2D eigenvalue weighted by Gasteiger charge is -2.13. The summed E-state index contributed by atoms with van der Waals surface area (Å²) >= 11 is 3.36. The summed E-state index contributed by atoms with van der Waals surface area (Å²) in [5, 5.41) is 0. The first-order valence-corrected chi connectivity index (χ1v) is 7.11. The fraction of sp³-hybridized carbons (Fsp3) is 0.188. The lowest BCUT2D eigenvalue weighted by atomic mass is 10.1. The molecule has 20 heavy (non-hydrogen) atoms. The van der Waals surface area contributed by atoms with Crippen LogP contribution in [0.15, 0.2) is 46.9 Å². The van der Waals surface area contributed by atoms with Crippen molar-refractivity contribution in [3.8, 4) is 17.2 Å². The highest BCUT2D eigenvalue weighted by Gasteiger charge is 2.12. The zero-order valence-electron chi connectivity index (χ0n) is 11.4. The second-order valence-corrected chi connectivity index (χ2v) is 5.09. The molecule has 104 valence electrons. The van der Waals surface area contributed by atoms with Gasteiger partial charge in [-0.1, -0.05) is 28.1 Å². The average Bonchev–Trinajstić information content (AvgIpc) is 2.43. The molecule has 2 rings (SSSR count). The molecule has 2 aromatic carbocycles. The summed E-state index contributed by atoms with van der Waals surface area (Å²) in [5.41, 5.74) is 0.533. The Hall–Kier alpha value is -1.81. The number of rotatable bonds is 5. The number of halogens is 1. The zero-order valence-corrected chi connectivity index (χ0v) is 12.9. The van der Waals surface area contributed by atoms with Crippen molar-refractivity contribution in [2.75, 3.05) is 6.61 Å². The average molecular weight is 335 g/mol. The van der Waals surface area contributed by atoms with Gasteiger partial charge in [-0.15, -0.1) is 0 Å². The van der Waals surface area contributed by atoms with Crippen LogP contribution in [0, 0.1) is 0 Å².